The molecule has 0 aromatic heterocycles. The minimum atomic E-state index is 0. The van der Waals surface area contributed by atoms with Crippen LogP contribution in [0.15, 0.2) is 60.7 Å². The first-order valence-electron chi connectivity index (χ1n) is 8.12. The van der Waals surface area contributed by atoms with Crippen molar-refractivity contribution in [2.45, 2.75) is 0 Å². The summed E-state index contributed by atoms with van der Waals surface area (Å²) in [5.41, 5.74) is 0.994. The molecule has 2 aromatic rings. The molecule has 25 heavy (non-hydrogen) atoms. The molecule has 0 aliphatic carbocycles. The molecule has 1 aliphatic rings. The first-order valence-corrected chi connectivity index (χ1v) is 8.12. The topological polar surface area (TPSA) is 39.6 Å². The first kappa shape index (κ1) is 21.3. The summed E-state index contributed by atoms with van der Waals surface area (Å²) in [6.45, 7) is 5.40. The van der Waals surface area contributed by atoms with E-state index in [0.29, 0.717) is 12.4 Å². The number of nitrogens with zero attached hydrogens (tertiary/aromatic N) is 2. The third-order valence-electron chi connectivity index (χ3n) is 4.16. The Bertz CT molecular complexity index is 617. The van der Waals surface area contributed by atoms with Crippen molar-refractivity contribution in [2.24, 2.45) is 0 Å². The van der Waals surface area contributed by atoms with Gasteiger partial charge in [-0.1, -0.05) is 48.5 Å². The molecule has 1 saturated heterocycles. The van der Waals surface area contributed by atoms with Crippen molar-refractivity contribution in [1.82, 2.24) is 9.80 Å². The largest absolute Gasteiger partial charge is 0.492 e. The lowest BCUT2D eigenvalue weighted by molar-refractivity contribution is 0.154. The Balaban J connectivity index is 0.00000156. The molecule has 0 saturated carbocycles. The summed E-state index contributed by atoms with van der Waals surface area (Å²) in [6.07, 6.45) is 0. The highest BCUT2D eigenvalue weighted by Crippen LogP contribution is 2.10. The monoisotopic (exact) mass is 381 g/mol. The maximum atomic E-state index is 8.32. The highest BCUT2D eigenvalue weighted by atomic mass is 35.5. The Morgan fingerprint density at radius 2 is 1.40 bits per heavy atom. The van der Waals surface area contributed by atoms with Crippen LogP contribution in [0.5, 0.6) is 5.75 Å². The molecular weight excluding hydrogens is 357 g/mol. The number of halogens is 2. The summed E-state index contributed by atoms with van der Waals surface area (Å²) < 4.78 is 5.75. The number of rotatable bonds is 5. The van der Waals surface area contributed by atoms with Crippen molar-refractivity contribution >= 4 is 30.6 Å². The van der Waals surface area contributed by atoms with Crippen LogP contribution in [0.2, 0.25) is 0 Å². The molecule has 2 aromatic carbocycles. The van der Waals surface area contributed by atoms with Crippen LogP contribution in [0.25, 0.3) is 0 Å². The second-order valence-corrected chi connectivity index (χ2v) is 5.70. The molecule has 1 aliphatic heterocycles. The van der Waals surface area contributed by atoms with Gasteiger partial charge in [-0.15, -0.1) is 24.8 Å². The van der Waals surface area contributed by atoms with Gasteiger partial charge in [-0.25, -0.2) is 0 Å². The Hall–Kier alpha value is -1.75. The van der Waals surface area contributed by atoms with Gasteiger partial charge in [0.15, 0.2) is 0 Å². The Kier molecular flexibility index (Phi) is 9.35. The van der Waals surface area contributed by atoms with Gasteiger partial charge < -0.3 is 9.64 Å². The quantitative estimate of drug-likeness (QED) is 0.635. The van der Waals surface area contributed by atoms with Crippen LogP contribution >= 0.6 is 24.8 Å². The number of benzene rings is 2. The van der Waals surface area contributed by atoms with Crippen LogP contribution in [0, 0.1) is 5.41 Å². The van der Waals surface area contributed by atoms with E-state index in [-0.39, 0.29) is 24.8 Å². The van der Waals surface area contributed by atoms with Gasteiger partial charge in [0.1, 0.15) is 18.2 Å². The molecule has 3 rings (SSSR count). The normalized spacial score (nSPS) is 14.2. The van der Waals surface area contributed by atoms with Crippen molar-refractivity contribution in [3.05, 3.63) is 66.2 Å². The number of amidine groups is 1. The Morgan fingerprint density at radius 3 is 2.00 bits per heavy atom. The van der Waals surface area contributed by atoms with E-state index < -0.39 is 0 Å². The predicted octanol–water partition coefficient (Wildman–Crippen LogP) is 3.55. The molecule has 6 heteroatoms. The van der Waals surface area contributed by atoms with Crippen LogP contribution < -0.4 is 4.74 Å². The molecule has 0 atom stereocenters. The third-order valence-corrected chi connectivity index (χ3v) is 4.16. The second kappa shape index (κ2) is 11.0. The number of piperazine rings is 1. The maximum absolute atomic E-state index is 8.32. The zero-order chi connectivity index (χ0) is 15.9. The fourth-order valence-electron chi connectivity index (χ4n) is 2.78. The van der Waals surface area contributed by atoms with Crippen LogP contribution in [-0.4, -0.2) is 55.0 Å². The van der Waals surface area contributed by atoms with Gasteiger partial charge in [-0.05, 0) is 12.1 Å². The zero-order valence-electron chi connectivity index (χ0n) is 14.1. The SMILES string of the molecule is Cl.Cl.N=C(c1ccccc1)N1CCN(CCOc2ccccc2)CC1. The Morgan fingerprint density at radius 1 is 0.840 bits per heavy atom. The minimum Gasteiger partial charge on any atom is -0.492 e. The van der Waals surface area contributed by atoms with Crippen molar-refractivity contribution < 1.29 is 4.74 Å². The van der Waals surface area contributed by atoms with E-state index in [2.05, 4.69) is 9.80 Å². The lowest BCUT2D eigenvalue weighted by Crippen LogP contribution is -2.49. The van der Waals surface area contributed by atoms with Crippen LogP contribution in [0.3, 0.4) is 0 Å². The fourth-order valence-corrected chi connectivity index (χ4v) is 2.78. The Labute approximate surface area is 162 Å². The smallest absolute Gasteiger partial charge is 0.128 e. The number of hydrogen-bond donors (Lipinski definition) is 1. The van der Waals surface area contributed by atoms with E-state index in [4.69, 9.17) is 10.1 Å². The number of para-hydroxylation sites is 1. The standard InChI is InChI=1S/C19H23N3O.2ClH/c20-19(17-7-3-1-4-8-17)22-13-11-21(12-14-22)15-16-23-18-9-5-2-6-10-18;;/h1-10,20H,11-16H2;2*1H. The zero-order valence-corrected chi connectivity index (χ0v) is 15.8. The summed E-state index contributed by atoms with van der Waals surface area (Å²) >= 11 is 0. The van der Waals surface area contributed by atoms with E-state index >= 15 is 0 Å². The summed E-state index contributed by atoms with van der Waals surface area (Å²) in [4.78, 5) is 4.56. The highest BCUT2D eigenvalue weighted by molar-refractivity contribution is 5.96. The van der Waals surface area contributed by atoms with Gasteiger partial charge in [0.25, 0.3) is 0 Å². The van der Waals surface area contributed by atoms with Crippen molar-refractivity contribution in [3.63, 3.8) is 0 Å². The van der Waals surface area contributed by atoms with Gasteiger partial charge in [0.05, 0.1) is 0 Å². The van der Waals surface area contributed by atoms with Crippen LogP contribution in [0.4, 0.5) is 0 Å². The molecule has 0 spiro atoms. The lowest BCUT2D eigenvalue weighted by Gasteiger charge is -2.36. The van der Waals surface area contributed by atoms with Crippen molar-refractivity contribution in [1.29, 1.82) is 5.41 Å². The van der Waals surface area contributed by atoms with Crippen molar-refractivity contribution in [3.8, 4) is 5.75 Å². The van der Waals surface area contributed by atoms with E-state index in [1.54, 1.807) is 0 Å². The summed E-state index contributed by atoms with van der Waals surface area (Å²) in [7, 11) is 0. The first-order chi connectivity index (χ1) is 11.3. The maximum Gasteiger partial charge on any atom is 0.128 e. The summed E-state index contributed by atoms with van der Waals surface area (Å²) in [6, 6.07) is 19.9. The molecule has 0 radical (unpaired) electrons. The molecular formula is C19H25Cl2N3O. The molecule has 0 bridgehead atoms. The average molecular weight is 382 g/mol. The minimum absolute atomic E-state index is 0. The molecule has 1 heterocycles. The van der Waals surface area contributed by atoms with E-state index in [0.717, 1.165) is 44.0 Å². The molecule has 0 amide bonds. The van der Waals surface area contributed by atoms with E-state index in [1.807, 2.05) is 60.7 Å². The van der Waals surface area contributed by atoms with Gasteiger partial charge in [0, 0.05) is 38.3 Å². The lowest BCUT2D eigenvalue weighted by atomic mass is 10.1. The highest BCUT2D eigenvalue weighted by Gasteiger charge is 2.19. The summed E-state index contributed by atoms with van der Waals surface area (Å²) in [5, 5.41) is 8.32. The second-order valence-electron chi connectivity index (χ2n) is 5.70. The van der Waals surface area contributed by atoms with Crippen LogP contribution in [0.1, 0.15) is 5.56 Å². The van der Waals surface area contributed by atoms with Gasteiger partial charge in [-0.2, -0.15) is 0 Å². The summed E-state index contributed by atoms with van der Waals surface area (Å²) in [5.74, 6) is 1.56. The number of hydrogen-bond acceptors (Lipinski definition) is 3. The predicted molar refractivity (Wildman–Crippen MR) is 108 cm³/mol. The van der Waals surface area contributed by atoms with Gasteiger partial charge >= 0.3 is 0 Å². The average Bonchev–Trinajstić information content (AvgIpc) is 2.63. The third kappa shape index (κ3) is 6.24. The van der Waals surface area contributed by atoms with Gasteiger partial charge in [-0.3, -0.25) is 10.3 Å². The number of nitrogens with one attached hydrogen (secondary N) is 1. The number of ether oxygens (including phenoxy) is 1. The molecule has 1 fully saturated rings. The molecule has 136 valence electrons. The fraction of sp³-hybridized carbons (Fsp3) is 0.316. The van der Waals surface area contributed by atoms with Crippen molar-refractivity contribution in [2.75, 3.05) is 39.3 Å². The van der Waals surface area contributed by atoms with E-state index in [1.165, 1.54) is 0 Å². The molecule has 4 nitrogen and oxygen atoms in total. The van der Waals surface area contributed by atoms with E-state index in [9.17, 15) is 0 Å². The van der Waals surface area contributed by atoms with Crippen LogP contribution in [-0.2, 0) is 0 Å². The molecule has 1 N–H and O–H groups in total. The molecule has 0 unspecified atom stereocenters. The van der Waals surface area contributed by atoms with Gasteiger partial charge in [0.2, 0.25) is 0 Å².